The molecule has 0 aromatic heterocycles. The first kappa shape index (κ1) is 13.5. The average Bonchev–Trinajstić information content (AvgIpc) is 2.36. The van der Waals surface area contributed by atoms with Gasteiger partial charge in [0, 0.05) is 0 Å². The summed E-state index contributed by atoms with van der Waals surface area (Å²) in [5, 5.41) is 8.53. The molecule has 2 N–H and O–H groups in total. The summed E-state index contributed by atoms with van der Waals surface area (Å²) >= 11 is 0. The fourth-order valence-electron chi connectivity index (χ4n) is 1.12. The first-order valence-corrected chi connectivity index (χ1v) is 5.14. The van der Waals surface area contributed by atoms with Gasteiger partial charge < -0.3 is 15.2 Å². The van der Waals surface area contributed by atoms with Gasteiger partial charge in [-0.25, -0.2) is 4.79 Å². The molecule has 0 saturated carbocycles. The number of amides is 1. The Kier molecular flexibility index (Phi) is 4.69. The molecule has 18 heavy (non-hydrogen) atoms. The Morgan fingerprint density at radius 2 is 2.22 bits per heavy atom. The molecule has 1 aromatic rings. The van der Waals surface area contributed by atoms with Gasteiger partial charge in [0.25, 0.3) is 5.91 Å². The molecular weight excluding hydrogens is 236 g/mol. The number of primary amides is 1. The van der Waals surface area contributed by atoms with Crippen LogP contribution in [0.4, 0.5) is 0 Å². The highest BCUT2D eigenvalue weighted by molar-refractivity contribution is 5.90. The highest BCUT2D eigenvalue weighted by Gasteiger charge is 2.12. The number of nitrogens with zero attached hydrogens (tertiary/aromatic N) is 1. The van der Waals surface area contributed by atoms with Gasteiger partial charge in [0.15, 0.2) is 12.7 Å². The summed E-state index contributed by atoms with van der Waals surface area (Å²) in [7, 11) is 0. The molecule has 0 aliphatic heterocycles. The fraction of sp³-hybridized carbons (Fsp3) is 0.250. The lowest BCUT2D eigenvalue weighted by Gasteiger charge is -2.08. The van der Waals surface area contributed by atoms with Gasteiger partial charge in [0.2, 0.25) is 0 Å². The zero-order chi connectivity index (χ0) is 13.5. The molecule has 0 aliphatic rings. The van der Waals surface area contributed by atoms with Gasteiger partial charge in [-0.1, -0.05) is 6.07 Å². The van der Waals surface area contributed by atoms with Crippen LogP contribution in [0.5, 0.6) is 5.75 Å². The van der Waals surface area contributed by atoms with E-state index in [1.807, 2.05) is 0 Å². The Hall–Kier alpha value is -2.55. The van der Waals surface area contributed by atoms with E-state index in [-0.39, 0.29) is 12.2 Å². The first-order valence-electron chi connectivity index (χ1n) is 5.14. The van der Waals surface area contributed by atoms with Crippen LogP contribution in [0.3, 0.4) is 0 Å². The number of rotatable bonds is 5. The van der Waals surface area contributed by atoms with Gasteiger partial charge >= 0.3 is 5.97 Å². The largest absolute Gasteiger partial charge is 0.484 e. The first-order chi connectivity index (χ1) is 8.52. The smallest absolute Gasteiger partial charge is 0.339 e. The summed E-state index contributed by atoms with van der Waals surface area (Å²) in [4.78, 5) is 22.1. The average molecular weight is 248 g/mol. The van der Waals surface area contributed by atoms with Crippen molar-refractivity contribution < 1.29 is 19.1 Å². The van der Waals surface area contributed by atoms with Crippen molar-refractivity contribution in [1.82, 2.24) is 0 Å². The summed E-state index contributed by atoms with van der Waals surface area (Å²) in [5.41, 5.74) is 5.17. The van der Waals surface area contributed by atoms with Crippen molar-refractivity contribution >= 4 is 11.9 Å². The highest BCUT2D eigenvalue weighted by Crippen LogP contribution is 2.14. The summed E-state index contributed by atoms with van der Waals surface area (Å²) in [5.74, 6) is -0.914. The monoisotopic (exact) mass is 248 g/mol. The summed E-state index contributed by atoms with van der Waals surface area (Å²) in [6.07, 6.45) is -0.826. The zero-order valence-electron chi connectivity index (χ0n) is 9.75. The van der Waals surface area contributed by atoms with Crippen LogP contribution in [0.1, 0.15) is 17.3 Å². The molecule has 0 spiro atoms. The third kappa shape index (κ3) is 4.14. The van der Waals surface area contributed by atoms with Crippen molar-refractivity contribution in [3.8, 4) is 11.8 Å². The number of esters is 1. The van der Waals surface area contributed by atoms with Gasteiger partial charge in [0.1, 0.15) is 11.8 Å². The number of benzene rings is 1. The lowest BCUT2D eigenvalue weighted by atomic mass is 10.2. The Morgan fingerprint density at radius 3 is 2.83 bits per heavy atom. The molecule has 1 aromatic carbocycles. The van der Waals surface area contributed by atoms with Crippen molar-refractivity contribution in [2.45, 2.75) is 13.0 Å². The van der Waals surface area contributed by atoms with Crippen LogP contribution in [0.15, 0.2) is 24.3 Å². The molecule has 1 unspecified atom stereocenters. The molecule has 0 bridgehead atoms. The molecule has 1 atom stereocenters. The van der Waals surface area contributed by atoms with Crippen LogP contribution < -0.4 is 10.5 Å². The van der Waals surface area contributed by atoms with Crippen LogP contribution >= 0.6 is 0 Å². The zero-order valence-corrected chi connectivity index (χ0v) is 9.75. The van der Waals surface area contributed by atoms with E-state index in [1.54, 1.807) is 18.2 Å². The minimum absolute atomic E-state index is 0.235. The van der Waals surface area contributed by atoms with Crippen LogP contribution in [0.2, 0.25) is 0 Å². The van der Waals surface area contributed by atoms with Gasteiger partial charge in [-0.05, 0) is 25.1 Å². The van der Waals surface area contributed by atoms with Crippen LogP contribution in [0, 0.1) is 11.3 Å². The van der Waals surface area contributed by atoms with Gasteiger partial charge in [-0.3, -0.25) is 4.79 Å². The van der Waals surface area contributed by atoms with E-state index < -0.39 is 18.0 Å². The van der Waals surface area contributed by atoms with Crippen molar-refractivity contribution in [3.63, 3.8) is 0 Å². The third-order valence-electron chi connectivity index (χ3n) is 1.92. The number of nitrogens with two attached hydrogens (primary N) is 1. The second-order valence-corrected chi connectivity index (χ2v) is 3.46. The minimum Gasteiger partial charge on any atom is -0.484 e. The molecule has 0 heterocycles. The van der Waals surface area contributed by atoms with Crippen molar-refractivity contribution in [2.24, 2.45) is 5.73 Å². The van der Waals surface area contributed by atoms with E-state index in [0.717, 1.165) is 0 Å². The molecule has 1 rings (SSSR count). The third-order valence-corrected chi connectivity index (χ3v) is 1.92. The van der Waals surface area contributed by atoms with Crippen molar-refractivity contribution in [2.75, 3.05) is 6.61 Å². The van der Waals surface area contributed by atoms with E-state index in [4.69, 9.17) is 20.5 Å². The number of hydrogen-bond acceptors (Lipinski definition) is 5. The van der Waals surface area contributed by atoms with Crippen LogP contribution in [-0.2, 0) is 9.53 Å². The second-order valence-electron chi connectivity index (χ2n) is 3.46. The van der Waals surface area contributed by atoms with E-state index in [2.05, 4.69) is 0 Å². The summed E-state index contributed by atoms with van der Waals surface area (Å²) in [6, 6.07) is 7.86. The molecule has 6 nitrogen and oxygen atoms in total. The highest BCUT2D eigenvalue weighted by atomic mass is 16.5. The van der Waals surface area contributed by atoms with E-state index in [9.17, 15) is 9.59 Å². The predicted octanol–water partition coefficient (Wildman–Crippen LogP) is 0.620. The quantitative estimate of drug-likeness (QED) is 0.769. The number of hydrogen-bond donors (Lipinski definition) is 1. The Bertz CT molecular complexity index is 493. The Balaban J connectivity index is 2.72. The maximum absolute atomic E-state index is 11.6. The molecule has 0 saturated heterocycles. The lowest BCUT2D eigenvalue weighted by molar-refractivity contribution is -0.119. The molecule has 6 heteroatoms. The van der Waals surface area contributed by atoms with Gasteiger partial charge in [-0.2, -0.15) is 5.26 Å². The van der Waals surface area contributed by atoms with E-state index >= 15 is 0 Å². The molecule has 0 fully saturated rings. The van der Waals surface area contributed by atoms with Gasteiger partial charge in [0.05, 0.1) is 5.56 Å². The predicted molar refractivity (Wildman–Crippen MR) is 61.6 cm³/mol. The Morgan fingerprint density at radius 1 is 1.50 bits per heavy atom. The van der Waals surface area contributed by atoms with Crippen LogP contribution in [0.25, 0.3) is 0 Å². The molecule has 1 amide bonds. The van der Waals surface area contributed by atoms with Crippen LogP contribution in [-0.4, -0.2) is 24.6 Å². The maximum Gasteiger partial charge on any atom is 0.339 e. The van der Waals surface area contributed by atoms with Gasteiger partial charge in [-0.15, -0.1) is 0 Å². The minimum atomic E-state index is -0.826. The standard InChI is InChI=1S/C12H12N2O4/c1-8(6-13)18-12(16)9-3-2-4-10(5-9)17-7-11(14)15/h2-5,8H,7H2,1H3,(H2,14,15). The number of carbonyl (C=O) groups is 2. The van der Waals surface area contributed by atoms with Crippen molar-refractivity contribution in [3.05, 3.63) is 29.8 Å². The number of nitriles is 1. The number of ether oxygens (including phenoxy) is 2. The SMILES string of the molecule is CC(C#N)OC(=O)c1cccc(OCC(N)=O)c1. The topological polar surface area (TPSA) is 102 Å². The molecule has 94 valence electrons. The summed E-state index contributed by atoms with van der Waals surface area (Å²) < 4.78 is 9.86. The maximum atomic E-state index is 11.6. The molecule has 0 radical (unpaired) electrons. The van der Waals surface area contributed by atoms with E-state index in [0.29, 0.717) is 5.75 Å². The van der Waals surface area contributed by atoms with E-state index in [1.165, 1.54) is 19.1 Å². The normalized spacial score (nSPS) is 11.1. The number of carbonyl (C=O) groups excluding carboxylic acids is 2. The Labute approximate surface area is 104 Å². The lowest BCUT2D eigenvalue weighted by Crippen LogP contribution is -2.20. The second kappa shape index (κ2) is 6.25. The van der Waals surface area contributed by atoms with Crippen molar-refractivity contribution in [1.29, 1.82) is 5.26 Å². The fourth-order valence-corrected chi connectivity index (χ4v) is 1.12. The molecular formula is C12H12N2O4. The molecule has 0 aliphatic carbocycles. The summed E-state index contributed by atoms with van der Waals surface area (Å²) in [6.45, 7) is 1.19.